The summed E-state index contributed by atoms with van der Waals surface area (Å²) in [4.78, 5) is 0. The lowest BCUT2D eigenvalue weighted by atomic mass is 10.0. The summed E-state index contributed by atoms with van der Waals surface area (Å²) in [5, 5.41) is 6.42. The average Bonchev–Trinajstić information content (AvgIpc) is 3.28. The first-order valence-electron chi connectivity index (χ1n) is 24.1. The van der Waals surface area contributed by atoms with Gasteiger partial charge in [0, 0.05) is 24.7 Å². The lowest BCUT2D eigenvalue weighted by Crippen LogP contribution is -2.49. The van der Waals surface area contributed by atoms with Crippen LogP contribution >= 0.6 is 16.0 Å². The Labute approximate surface area is 373 Å². The van der Waals surface area contributed by atoms with Gasteiger partial charge in [-0.15, -0.1) is 0 Å². The topological polar surface area (TPSA) is 21.7 Å². The molecule has 0 aliphatic rings. The molecule has 0 amide bonds. The molecule has 60 heavy (non-hydrogen) atoms. The van der Waals surface area contributed by atoms with Crippen LogP contribution < -0.4 is 35.1 Å². The van der Waals surface area contributed by atoms with Crippen LogP contribution in [0.5, 0.6) is 11.5 Å². The molecule has 0 saturated heterocycles. The van der Waals surface area contributed by atoms with Crippen LogP contribution in [0.25, 0.3) is 11.1 Å². The third-order valence-electron chi connectivity index (χ3n) is 13.0. The van der Waals surface area contributed by atoms with Crippen molar-refractivity contribution < 1.29 is 9.47 Å². The Hall–Kier alpha value is -2.43. The van der Waals surface area contributed by atoms with Gasteiger partial charge in [-0.3, -0.25) is 0 Å². The first-order chi connectivity index (χ1) is 29.2. The molecule has 0 saturated carbocycles. The summed E-state index contributed by atoms with van der Waals surface area (Å²) < 4.78 is 15.3. The van der Waals surface area contributed by atoms with Gasteiger partial charge in [-0.2, -0.15) is 0 Å². The lowest BCUT2D eigenvalue weighted by Gasteiger charge is -2.40. The van der Waals surface area contributed by atoms with Crippen molar-refractivity contribution in [3.8, 4) is 22.6 Å². The molecule has 0 bridgehead atoms. The number of benzene rings is 4. The molecule has 4 aromatic rings. The molecule has 0 aromatic heterocycles. The Morgan fingerprint density at radius 2 is 1.03 bits per heavy atom. The quantitative estimate of drug-likeness (QED) is 0.0401. The highest BCUT2D eigenvalue weighted by molar-refractivity contribution is 8.28. The van der Waals surface area contributed by atoms with Crippen molar-refractivity contribution in [2.24, 2.45) is 0 Å². The summed E-state index contributed by atoms with van der Waals surface area (Å²) >= 11 is 0. The van der Waals surface area contributed by atoms with Crippen molar-refractivity contribution in [1.29, 1.82) is 0 Å². The van der Waals surface area contributed by atoms with E-state index < -0.39 is 23.9 Å². The maximum atomic E-state index is 6.29. The molecule has 0 spiro atoms. The second-order valence-electron chi connectivity index (χ2n) is 17.7. The number of nitrogens with zero attached hydrogens (tertiary/aromatic N) is 1. The van der Waals surface area contributed by atoms with E-state index in [1.807, 2.05) is 14.2 Å². The SMILES string of the molecule is CCCC[Si](CCCC)(CCCC)c1cccc(P(Pc2cccc([Si](CCCC)(CCCC)CCCC)c2-c2ccccc2OC)N(c2ccccc2OC)C(C)C)c1. The summed E-state index contributed by atoms with van der Waals surface area (Å²) in [5.41, 5.74) is 3.98. The van der Waals surface area contributed by atoms with E-state index in [2.05, 4.69) is 151 Å². The summed E-state index contributed by atoms with van der Waals surface area (Å²) in [6.45, 7) is 19.1. The summed E-state index contributed by atoms with van der Waals surface area (Å²) in [5.74, 6) is 1.96. The second-order valence-corrected chi connectivity index (χ2v) is 31.2. The van der Waals surface area contributed by atoms with E-state index in [4.69, 9.17) is 9.47 Å². The lowest BCUT2D eigenvalue weighted by molar-refractivity contribution is 0.415. The maximum Gasteiger partial charge on any atom is 0.142 e. The fraction of sp³-hybridized carbons (Fsp3) is 0.547. The molecule has 4 rings (SSSR count). The Kier molecular flexibility index (Phi) is 22.0. The number of methoxy groups -OCH3 is 2. The first kappa shape index (κ1) is 50.2. The molecule has 0 radical (unpaired) electrons. The van der Waals surface area contributed by atoms with Gasteiger partial charge in [0.05, 0.1) is 36.1 Å². The van der Waals surface area contributed by atoms with Crippen molar-refractivity contribution in [3.63, 3.8) is 0 Å². The number of rotatable bonds is 29. The van der Waals surface area contributed by atoms with Crippen molar-refractivity contribution in [3.05, 3.63) is 91.0 Å². The van der Waals surface area contributed by atoms with Crippen LogP contribution in [-0.2, 0) is 0 Å². The second kappa shape index (κ2) is 26.3. The number of hydrogen-bond acceptors (Lipinski definition) is 3. The molecule has 0 fully saturated rings. The standard InChI is InChI=1S/C53H83NO2P2Si2/c1-11-17-37-59(38-18-12-2,39-19-13-3)46-30-27-29-45(43-46)58(54(44(7)8)48-32-24-26-34-50(48)56-10)57-51-35-28-36-52(53(51)47-31-23-25-33-49(47)55-9)60(40-20-14-4,41-21-15-5)42-22-16-6/h23-36,43-44,57H,11-22,37-42H2,1-10H3. The van der Waals surface area contributed by atoms with Crippen molar-refractivity contribution in [2.75, 3.05) is 18.9 Å². The Balaban J connectivity index is 2.11. The van der Waals surface area contributed by atoms with Crippen molar-refractivity contribution in [1.82, 2.24) is 0 Å². The Bertz CT molecular complexity index is 1790. The first-order valence-corrected chi connectivity index (χ1v) is 32.5. The van der Waals surface area contributed by atoms with E-state index in [0.717, 1.165) is 11.5 Å². The highest BCUT2D eigenvalue weighted by Gasteiger charge is 2.38. The predicted molar refractivity (Wildman–Crippen MR) is 279 cm³/mol. The maximum absolute atomic E-state index is 6.29. The zero-order valence-electron chi connectivity index (χ0n) is 39.7. The molecular weight excluding hydrogens is 801 g/mol. The number of ether oxygens (including phenoxy) is 2. The highest BCUT2D eigenvalue weighted by atomic mass is 32.1. The monoisotopic (exact) mass is 884 g/mol. The van der Waals surface area contributed by atoms with Gasteiger partial charge in [-0.1, -0.05) is 238 Å². The van der Waals surface area contributed by atoms with E-state index in [-0.39, 0.29) is 6.04 Å². The molecular formula is C53H83NO2P2Si2. The van der Waals surface area contributed by atoms with Gasteiger partial charge in [0.25, 0.3) is 0 Å². The molecule has 330 valence electrons. The van der Waals surface area contributed by atoms with Gasteiger partial charge in [0.15, 0.2) is 0 Å². The summed E-state index contributed by atoms with van der Waals surface area (Å²) in [7, 11) is -0.260. The minimum absolute atomic E-state index is 0.274. The molecule has 0 aliphatic carbocycles. The van der Waals surface area contributed by atoms with Gasteiger partial charge in [-0.05, 0) is 51.2 Å². The van der Waals surface area contributed by atoms with Gasteiger partial charge < -0.3 is 14.1 Å². The van der Waals surface area contributed by atoms with Crippen LogP contribution in [0, 0.1) is 0 Å². The molecule has 4 aromatic carbocycles. The summed E-state index contributed by atoms with van der Waals surface area (Å²) in [6.07, 6.45) is 15.5. The number of para-hydroxylation sites is 3. The van der Waals surface area contributed by atoms with Gasteiger partial charge in [0.1, 0.15) is 11.5 Å². The zero-order chi connectivity index (χ0) is 43.4. The summed E-state index contributed by atoms with van der Waals surface area (Å²) in [6, 6.07) is 44.2. The number of unbranched alkanes of at least 4 members (excludes halogenated alkanes) is 6. The molecule has 0 heterocycles. The molecule has 3 nitrogen and oxygen atoms in total. The Morgan fingerprint density at radius 3 is 1.55 bits per heavy atom. The van der Waals surface area contributed by atoms with Gasteiger partial charge in [0.2, 0.25) is 0 Å². The molecule has 7 heteroatoms. The van der Waals surface area contributed by atoms with E-state index in [9.17, 15) is 0 Å². The smallest absolute Gasteiger partial charge is 0.142 e. The molecule has 2 atom stereocenters. The predicted octanol–water partition coefficient (Wildman–Crippen LogP) is 15.3. The van der Waals surface area contributed by atoms with Crippen LogP contribution in [0.1, 0.15) is 132 Å². The zero-order valence-corrected chi connectivity index (χ0v) is 43.6. The van der Waals surface area contributed by atoms with Gasteiger partial charge in [-0.25, -0.2) is 0 Å². The fourth-order valence-electron chi connectivity index (χ4n) is 9.67. The van der Waals surface area contributed by atoms with E-state index in [1.165, 1.54) is 141 Å². The third-order valence-corrected chi connectivity index (χ3v) is 29.5. The van der Waals surface area contributed by atoms with Gasteiger partial charge >= 0.3 is 0 Å². The van der Waals surface area contributed by atoms with Crippen LogP contribution in [0.2, 0.25) is 36.3 Å². The molecule has 0 N–H and O–H groups in total. The molecule has 0 aliphatic heterocycles. The van der Waals surface area contributed by atoms with Crippen molar-refractivity contribution in [2.45, 2.75) is 175 Å². The van der Waals surface area contributed by atoms with Crippen molar-refractivity contribution >= 4 is 58.8 Å². The van der Waals surface area contributed by atoms with E-state index >= 15 is 0 Å². The largest absolute Gasteiger partial charge is 0.496 e. The van der Waals surface area contributed by atoms with Crippen LogP contribution in [-0.4, -0.2) is 36.4 Å². The normalized spacial score (nSPS) is 12.7. The number of hydrogen-bond donors (Lipinski definition) is 0. The van der Waals surface area contributed by atoms with Crippen LogP contribution in [0.4, 0.5) is 5.69 Å². The minimum atomic E-state index is -1.93. The van der Waals surface area contributed by atoms with E-state index in [1.54, 1.807) is 10.4 Å². The van der Waals surface area contributed by atoms with Crippen LogP contribution in [0.3, 0.4) is 0 Å². The molecule has 2 unspecified atom stereocenters. The fourth-order valence-corrected chi connectivity index (χ4v) is 27.4. The highest BCUT2D eigenvalue weighted by Crippen LogP contribution is 2.61. The third kappa shape index (κ3) is 12.8. The average molecular weight is 884 g/mol. The minimum Gasteiger partial charge on any atom is -0.496 e. The van der Waals surface area contributed by atoms with Crippen LogP contribution in [0.15, 0.2) is 91.0 Å². The van der Waals surface area contributed by atoms with E-state index in [0.29, 0.717) is 8.27 Å². The Morgan fingerprint density at radius 1 is 0.550 bits per heavy atom. The number of anilines is 1.